The van der Waals surface area contributed by atoms with Crippen LogP contribution < -0.4 is 10.2 Å². The third-order valence-electron chi connectivity index (χ3n) is 7.95. The average molecular weight is 692 g/mol. The van der Waals surface area contributed by atoms with Crippen molar-refractivity contribution in [3.05, 3.63) is 89.1 Å². The van der Waals surface area contributed by atoms with Crippen LogP contribution in [0.15, 0.2) is 71.8 Å². The highest BCUT2D eigenvalue weighted by atomic mass is 32.2. The van der Waals surface area contributed by atoms with Crippen LogP contribution in [0.2, 0.25) is 0 Å². The number of nitrogens with zero attached hydrogens (tertiary/aromatic N) is 2. The Balaban J connectivity index is 1.52. The number of piperidine rings is 1. The van der Waals surface area contributed by atoms with Crippen LogP contribution in [-0.4, -0.2) is 68.5 Å². The molecule has 1 unspecified atom stereocenters. The van der Waals surface area contributed by atoms with E-state index < -0.39 is 65.3 Å². The van der Waals surface area contributed by atoms with Gasteiger partial charge in [-0.05, 0) is 60.4 Å². The zero-order valence-corrected chi connectivity index (χ0v) is 25.7. The Hall–Kier alpha value is -3.76. The second-order valence-electron chi connectivity index (χ2n) is 11.0. The van der Waals surface area contributed by atoms with E-state index in [9.17, 15) is 49.1 Å². The maximum atomic E-state index is 13.6. The summed E-state index contributed by atoms with van der Waals surface area (Å²) in [6, 6.07) is 11.2. The van der Waals surface area contributed by atoms with Gasteiger partial charge in [0.25, 0.3) is 5.91 Å². The van der Waals surface area contributed by atoms with Gasteiger partial charge in [0.15, 0.2) is 9.84 Å². The predicted octanol–water partition coefficient (Wildman–Crippen LogP) is 5.98. The number of aliphatic hydroxyl groups excluding tert-OH is 1. The number of rotatable bonds is 12. The van der Waals surface area contributed by atoms with Crippen LogP contribution in [0.5, 0.6) is 0 Å². The number of aliphatic hydroxyl groups is 1. The summed E-state index contributed by atoms with van der Waals surface area (Å²) < 4.78 is 120. The molecule has 1 fully saturated rings. The Morgan fingerprint density at radius 3 is 2.21 bits per heavy atom. The zero-order valence-electron chi connectivity index (χ0n) is 24.9. The summed E-state index contributed by atoms with van der Waals surface area (Å²) in [4.78, 5) is 18.9. The molecule has 0 saturated carbocycles. The highest BCUT2D eigenvalue weighted by molar-refractivity contribution is 7.91. The summed E-state index contributed by atoms with van der Waals surface area (Å²) >= 11 is 0. The SMILES string of the molecule is CCS(=O)(=O)c1ccc([C@H](CO)NC(=O)c2ccc(N3CC(c4ccc(C(F)(F)F)cc4)CC[C@H]3COC(F)(F)C(F)F)nc2)cc1. The Morgan fingerprint density at radius 2 is 1.68 bits per heavy atom. The molecule has 1 amide bonds. The van der Waals surface area contributed by atoms with E-state index >= 15 is 0 Å². The number of carbonyl (C=O) groups excluding carboxylic acids is 1. The van der Waals surface area contributed by atoms with Crippen molar-refractivity contribution < 1.29 is 53.8 Å². The molecule has 1 aromatic heterocycles. The molecule has 8 nitrogen and oxygen atoms in total. The van der Waals surface area contributed by atoms with Gasteiger partial charge in [0.2, 0.25) is 0 Å². The molecule has 2 N–H and O–H groups in total. The molecule has 256 valence electrons. The minimum Gasteiger partial charge on any atom is -0.394 e. The molecule has 1 saturated heterocycles. The van der Waals surface area contributed by atoms with Gasteiger partial charge < -0.3 is 20.1 Å². The summed E-state index contributed by atoms with van der Waals surface area (Å²) in [5.41, 5.74) is 0.193. The number of anilines is 1. The van der Waals surface area contributed by atoms with Gasteiger partial charge in [0, 0.05) is 18.7 Å². The molecule has 2 aromatic carbocycles. The first kappa shape index (κ1) is 36.1. The van der Waals surface area contributed by atoms with Gasteiger partial charge in [-0.15, -0.1) is 0 Å². The van der Waals surface area contributed by atoms with Gasteiger partial charge >= 0.3 is 18.7 Å². The second-order valence-corrected chi connectivity index (χ2v) is 13.2. The van der Waals surface area contributed by atoms with Crippen molar-refractivity contribution in [1.82, 2.24) is 10.3 Å². The maximum Gasteiger partial charge on any atom is 0.416 e. The lowest BCUT2D eigenvalue weighted by molar-refractivity contribution is -0.301. The second kappa shape index (κ2) is 14.6. The Labute approximate surface area is 266 Å². The van der Waals surface area contributed by atoms with E-state index in [1.807, 2.05) is 0 Å². The number of halogens is 7. The summed E-state index contributed by atoms with van der Waals surface area (Å²) in [7, 11) is -3.45. The Kier molecular flexibility index (Phi) is 11.2. The van der Waals surface area contributed by atoms with E-state index in [1.165, 1.54) is 66.6 Å². The molecular formula is C31H32F7N3O5S. The van der Waals surface area contributed by atoms with Gasteiger partial charge in [-0.2, -0.15) is 22.0 Å². The van der Waals surface area contributed by atoms with Gasteiger partial charge in [0.1, 0.15) is 5.82 Å². The number of carbonyl (C=O) groups is 1. The number of ether oxygens (including phenoxy) is 1. The first-order valence-corrected chi connectivity index (χ1v) is 16.1. The molecule has 2 heterocycles. The van der Waals surface area contributed by atoms with Crippen molar-refractivity contribution in [2.75, 3.05) is 30.4 Å². The van der Waals surface area contributed by atoms with Crippen molar-refractivity contribution in [2.45, 2.75) is 61.4 Å². The molecule has 0 aliphatic carbocycles. The number of alkyl halides is 7. The van der Waals surface area contributed by atoms with Crippen molar-refractivity contribution in [2.24, 2.45) is 0 Å². The van der Waals surface area contributed by atoms with Gasteiger partial charge in [-0.3, -0.25) is 4.79 Å². The normalized spacial score (nSPS) is 18.3. The number of amides is 1. The topological polar surface area (TPSA) is 109 Å². The van der Waals surface area contributed by atoms with E-state index in [2.05, 4.69) is 15.0 Å². The molecule has 1 aliphatic heterocycles. The average Bonchev–Trinajstić information content (AvgIpc) is 3.06. The summed E-state index contributed by atoms with van der Waals surface area (Å²) in [5.74, 6) is -0.930. The monoisotopic (exact) mass is 691 g/mol. The summed E-state index contributed by atoms with van der Waals surface area (Å²) in [6.45, 7) is 0.273. The fourth-order valence-electron chi connectivity index (χ4n) is 5.21. The fourth-order valence-corrected chi connectivity index (χ4v) is 6.09. The third kappa shape index (κ3) is 8.78. The Morgan fingerprint density at radius 1 is 1.02 bits per heavy atom. The highest BCUT2D eigenvalue weighted by Crippen LogP contribution is 2.36. The quantitative estimate of drug-likeness (QED) is 0.225. The maximum absolute atomic E-state index is 13.6. The molecule has 0 radical (unpaired) electrons. The van der Waals surface area contributed by atoms with E-state index in [0.29, 0.717) is 17.5 Å². The van der Waals surface area contributed by atoms with E-state index in [1.54, 1.807) is 0 Å². The van der Waals surface area contributed by atoms with Gasteiger partial charge in [0.05, 0.1) is 47.1 Å². The van der Waals surface area contributed by atoms with Crippen LogP contribution in [0.4, 0.5) is 36.6 Å². The summed E-state index contributed by atoms with van der Waals surface area (Å²) in [5, 5.41) is 12.5. The lowest BCUT2D eigenvalue weighted by Gasteiger charge is -2.41. The molecule has 0 bridgehead atoms. The first-order valence-electron chi connectivity index (χ1n) is 14.5. The smallest absolute Gasteiger partial charge is 0.394 e. The molecule has 1 aliphatic rings. The molecule has 4 rings (SSSR count). The number of sulfone groups is 1. The molecule has 0 spiro atoms. The van der Waals surface area contributed by atoms with E-state index in [4.69, 9.17) is 0 Å². The number of pyridine rings is 1. The van der Waals surface area contributed by atoms with Crippen LogP contribution in [0.3, 0.4) is 0 Å². The van der Waals surface area contributed by atoms with Crippen LogP contribution in [0.25, 0.3) is 0 Å². The molecular weight excluding hydrogens is 659 g/mol. The number of hydrogen-bond acceptors (Lipinski definition) is 7. The lowest BCUT2D eigenvalue weighted by Crippen LogP contribution is -2.47. The third-order valence-corrected chi connectivity index (χ3v) is 9.70. The van der Waals surface area contributed by atoms with Crippen molar-refractivity contribution in [1.29, 1.82) is 0 Å². The van der Waals surface area contributed by atoms with Crippen LogP contribution >= 0.6 is 0 Å². The largest absolute Gasteiger partial charge is 0.416 e. The van der Waals surface area contributed by atoms with E-state index in [0.717, 1.165) is 12.1 Å². The van der Waals surface area contributed by atoms with Crippen molar-refractivity contribution in [3.63, 3.8) is 0 Å². The first-order chi connectivity index (χ1) is 22.1. The number of benzene rings is 2. The lowest BCUT2D eigenvalue weighted by atomic mass is 9.87. The summed E-state index contributed by atoms with van der Waals surface area (Å²) in [6.07, 6.45) is -11.6. The minimum atomic E-state index is -4.70. The van der Waals surface area contributed by atoms with Crippen molar-refractivity contribution in [3.8, 4) is 0 Å². The number of nitrogens with one attached hydrogen (secondary N) is 1. The fraction of sp³-hybridized carbons (Fsp3) is 0.419. The van der Waals surface area contributed by atoms with Crippen LogP contribution in [0.1, 0.15) is 58.8 Å². The number of aromatic nitrogens is 1. The van der Waals surface area contributed by atoms with Gasteiger partial charge in [-0.1, -0.05) is 31.2 Å². The predicted molar refractivity (Wildman–Crippen MR) is 157 cm³/mol. The van der Waals surface area contributed by atoms with Gasteiger partial charge in [-0.25, -0.2) is 22.2 Å². The highest BCUT2D eigenvalue weighted by Gasteiger charge is 2.44. The van der Waals surface area contributed by atoms with Crippen molar-refractivity contribution >= 4 is 21.6 Å². The Bertz CT molecular complexity index is 1600. The number of hydrogen-bond donors (Lipinski definition) is 2. The molecule has 16 heteroatoms. The van der Waals surface area contributed by atoms with E-state index in [-0.39, 0.29) is 40.9 Å². The molecule has 47 heavy (non-hydrogen) atoms. The molecule has 3 atom stereocenters. The minimum absolute atomic E-state index is 0.0470. The van der Waals surface area contributed by atoms with Crippen LogP contribution in [-0.2, 0) is 20.8 Å². The van der Waals surface area contributed by atoms with Crippen LogP contribution in [0, 0.1) is 0 Å². The standard InChI is InChI=1S/C31H32F7N3O5S/c1-2-47(44,45)25-12-6-20(7-13-25)26(17-42)40-28(43)21-8-14-27(39-15-21)41-16-22(19-3-9-23(10-4-19)30(34,35)36)5-11-24(41)18-46-31(37,38)29(32)33/h3-4,6-10,12-15,22,24,26,29,42H,2,5,11,16-18H2,1H3,(H,40,43)/t22?,24-,26-/m0/s1. The molecule has 3 aromatic rings. The zero-order chi connectivity index (χ0) is 34.6.